The summed E-state index contributed by atoms with van der Waals surface area (Å²) < 4.78 is 10.8. The molecule has 1 N–H and O–H groups in total. The van der Waals surface area contributed by atoms with Crippen molar-refractivity contribution >= 4 is 17.2 Å². The number of carbonyl (C=O) groups excluding carboxylic acids is 1. The van der Waals surface area contributed by atoms with E-state index in [1.165, 1.54) is 0 Å². The van der Waals surface area contributed by atoms with Gasteiger partial charge in [-0.1, -0.05) is 12.1 Å². The van der Waals surface area contributed by atoms with Crippen LogP contribution in [-0.4, -0.2) is 53.8 Å². The zero-order valence-corrected chi connectivity index (χ0v) is 16.8. The van der Waals surface area contributed by atoms with E-state index >= 15 is 0 Å². The number of hydrogen-bond acceptors (Lipinski definition) is 6. The monoisotopic (exact) mass is 398 g/mol. The van der Waals surface area contributed by atoms with Gasteiger partial charge in [-0.2, -0.15) is 5.10 Å². The zero-order valence-electron chi connectivity index (χ0n) is 16.0. The Hall–Kier alpha value is -2.84. The fourth-order valence-corrected chi connectivity index (χ4v) is 3.97. The van der Waals surface area contributed by atoms with Gasteiger partial charge in [0.1, 0.15) is 11.7 Å². The first kappa shape index (κ1) is 18.5. The quantitative estimate of drug-likeness (QED) is 0.691. The molecule has 3 heterocycles. The number of hydrogen-bond donors (Lipinski definition) is 1. The van der Waals surface area contributed by atoms with Crippen LogP contribution in [0.5, 0.6) is 11.5 Å². The van der Waals surface area contributed by atoms with Gasteiger partial charge in [0.25, 0.3) is 0 Å². The van der Waals surface area contributed by atoms with Crippen molar-refractivity contribution in [1.82, 2.24) is 20.0 Å². The number of likely N-dealkylation sites (N-methyl/N-ethyl adjacent to an activating group) is 2. The van der Waals surface area contributed by atoms with E-state index in [0.29, 0.717) is 18.0 Å². The van der Waals surface area contributed by atoms with Gasteiger partial charge in [-0.15, -0.1) is 11.3 Å². The minimum atomic E-state index is -0.417. The highest BCUT2D eigenvalue weighted by Gasteiger charge is 2.28. The second-order valence-corrected chi connectivity index (χ2v) is 7.88. The van der Waals surface area contributed by atoms with Crippen LogP contribution in [0, 0.1) is 0 Å². The largest absolute Gasteiger partial charge is 0.454 e. The van der Waals surface area contributed by atoms with E-state index in [1.807, 2.05) is 60.8 Å². The zero-order chi connectivity index (χ0) is 19.7. The van der Waals surface area contributed by atoms with Crippen molar-refractivity contribution in [2.75, 3.05) is 27.9 Å². The number of aromatic amines is 1. The van der Waals surface area contributed by atoms with Gasteiger partial charge in [0.2, 0.25) is 12.7 Å². The SMILES string of the molecule is CN(Cc1cc(-c2cccs2)n[nH]1)C(=O)C(c1ccc2c(c1)OCO2)N(C)C. The number of fused-ring (bicyclic) bond motifs is 1. The lowest BCUT2D eigenvalue weighted by Crippen LogP contribution is -2.38. The molecule has 1 aliphatic heterocycles. The number of aromatic nitrogens is 2. The Morgan fingerprint density at radius 1 is 1.21 bits per heavy atom. The summed E-state index contributed by atoms with van der Waals surface area (Å²) in [5.74, 6) is 1.38. The summed E-state index contributed by atoms with van der Waals surface area (Å²) in [4.78, 5) is 17.9. The molecule has 1 atom stereocenters. The average molecular weight is 398 g/mol. The van der Waals surface area contributed by atoms with Gasteiger partial charge < -0.3 is 14.4 Å². The van der Waals surface area contributed by atoms with Gasteiger partial charge in [0, 0.05) is 7.05 Å². The Balaban J connectivity index is 1.51. The normalized spacial score (nSPS) is 13.7. The molecule has 1 aromatic carbocycles. The average Bonchev–Trinajstić information content (AvgIpc) is 3.42. The summed E-state index contributed by atoms with van der Waals surface area (Å²) >= 11 is 1.64. The first-order valence-corrected chi connectivity index (χ1v) is 9.80. The van der Waals surface area contributed by atoms with Gasteiger partial charge >= 0.3 is 0 Å². The maximum Gasteiger partial charge on any atom is 0.244 e. The van der Waals surface area contributed by atoms with E-state index in [2.05, 4.69) is 10.2 Å². The smallest absolute Gasteiger partial charge is 0.244 e. The standard InChI is InChI=1S/C20H22N4O3S/c1-23(2)19(13-6-7-16-17(9-13)27-12-26-16)20(25)24(3)11-14-10-15(22-21-14)18-5-4-8-28-18/h4-10,19H,11-12H2,1-3H3,(H,21,22). The molecule has 7 nitrogen and oxygen atoms in total. The molecule has 2 aromatic heterocycles. The summed E-state index contributed by atoms with van der Waals surface area (Å²) in [5.41, 5.74) is 2.66. The molecule has 146 valence electrons. The van der Waals surface area contributed by atoms with Gasteiger partial charge in [0.05, 0.1) is 17.1 Å². The third kappa shape index (κ3) is 3.61. The lowest BCUT2D eigenvalue weighted by atomic mass is 10.0. The third-order valence-electron chi connectivity index (χ3n) is 4.65. The second-order valence-electron chi connectivity index (χ2n) is 6.93. The van der Waals surface area contributed by atoms with E-state index in [1.54, 1.807) is 23.3 Å². The van der Waals surface area contributed by atoms with Crippen LogP contribution >= 0.6 is 11.3 Å². The van der Waals surface area contributed by atoms with Gasteiger partial charge in [-0.3, -0.25) is 14.8 Å². The number of H-pyrrole nitrogens is 1. The maximum atomic E-state index is 13.2. The number of nitrogens with zero attached hydrogens (tertiary/aromatic N) is 3. The summed E-state index contributed by atoms with van der Waals surface area (Å²) in [7, 11) is 5.59. The van der Waals surface area contributed by atoms with E-state index in [0.717, 1.165) is 21.8 Å². The Kier molecular flexibility index (Phi) is 5.06. The summed E-state index contributed by atoms with van der Waals surface area (Å²) in [6, 6.07) is 11.2. The number of carbonyl (C=O) groups is 1. The summed E-state index contributed by atoms with van der Waals surface area (Å²) in [6.45, 7) is 0.664. The molecule has 0 radical (unpaired) electrons. The summed E-state index contributed by atoms with van der Waals surface area (Å²) in [5, 5.41) is 9.41. The van der Waals surface area contributed by atoms with Crippen molar-refractivity contribution in [3.05, 3.63) is 53.0 Å². The molecule has 0 aliphatic carbocycles. The molecule has 4 rings (SSSR count). The fourth-order valence-electron chi connectivity index (χ4n) is 3.28. The van der Waals surface area contributed by atoms with Gasteiger partial charge in [-0.05, 0) is 49.3 Å². The third-order valence-corrected chi connectivity index (χ3v) is 5.54. The molecule has 28 heavy (non-hydrogen) atoms. The Bertz CT molecular complexity index is 968. The molecular formula is C20H22N4O3S. The van der Waals surface area contributed by atoms with E-state index in [9.17, 15) is 4.79 Å². The topological polar surface area (TPSA) is 70.7 Å². The van der Waals surface area contributed by atoms with Crippen LogP contribution in [0.15, 0.2) is 41.8 Å². The minimum absolute atomic E-state index is 0.00358. The highest BCUT2D eigenvalue weighted by molar-refractivity contribution is 7.13. The molecule has 1 unspecified atom stereocenters. The van der Waals surface area contributed by atoms with Crippen molar-refractivity contribution in [1.29, 1.82) is 0 Å². The first-order chi connectivity index (χ1) is 13.5. The second kappa shape index (κ2) is 7.65. The molecule has 0 saturated carbocycles. The fraction of sp³-hybridized carbons (Fsp3) is 0.300. The number of benzene rings is 1. The molecular weight excluding hydrogens is 376 g/mol. The molecule has 0 saturated heterocycles. The van der Waals surface area contributed by atoms with Crippen molar-refractivity contribution in [3.63, 3.8) is 0 Å². The predicted octanol–water partition coefficient (Wildman–Crippen LogP) is 3.13. The van der Waals surface area contributed by atoms with Crippen LogP contribution in [0.4, 0.5) is 0 Å². The minimum Gasteiger partial charge on any atom is -0.454 e. The van der Waals surface area contributed by atoms with Crippen molar-refractivity contribution in [3.8, 4) is 22.1 Å². The lowest BCUT2D eigenvalue weighted by Gasteiger charge is -2.28. The molecule has 3 aromatic rings. The number of amides is 1. The van der Waals surface area contributed by atoms with Crippen LogP contribution in [0.1, 0.15) is 17.3 Å². The number of nitrogens with one attached hydrogen (secondary N) is 1. The van der Waals surface area contributed by atoms with Crippen LogP contribution in [-0.2, 0) is 11.3 Å². The number of rotatable bonds is 6. The maximum absolute atomic E-state index is 13.2. The lowest BCUT2D eigenvalue weighted by molar-refractivity contribution is -0.135. The van der Waals surface area contributed by atoms with Gasteiger partial charge in [-0.25, -0.2) is 0 Å². The van der Waals surface area contributed by atoms with Crippen LogP contribution < -0.4 is 9.47 Å². The molecule has 0 fully saturated rings. The van der Waals surface area contributed by atoms with Crippen LogP contribution in [0.3, 0.4) is 0 Å². The van der Waals surface area contributed by atoms with E-state index in [-0.39, 0.29) is 12.7 Å². The summed E-state index contributed by atoms with van der Waals surface area (Å²) in [6.07, 6.45) is 0. The van der Waals surface area contributed by atoms with E-state index < -0.39 is 6.04 Å². The molecule has 1 amide bonds. The molecule has 1 aliphatic rings. The molecule has 8 heteroatoms. The van der Waals surface area contributed by atoms with Crippen LogP contribution in [0.25, 0.3) is 10.6 Å². The Morgan fingerprint density at radius 3 is 2.79 bits per heavy atom. The first-order valence-electron chi connectivity index (χ1n) is 8.92. The van der Waals surface area contributed by atoms with Crippen molar-refractivity contribution < 1.29 is 14.3 Å². The number of ether oxygens (including phenoxy) is 2. The predicted molar refractivity (Wildman–Crippen MR) is 107 cm³/mol. The van der Waals surface area contributed by atoms with Crippen molar-refractivity contribution in [2.24, 2.45) is 0 Å². The van der Waals surface area contributed by atoms with E-state index in [4.69, 9.17) is 9.47 Å². The Labute approximate surface area is 167 Å². The highest BCUT2D eigenvalue weighted by atomic mass is 32.1. The Morgan fingerprint density at radius 2 is 2.04 bits per heavy atom. The molecule has 0 spiro atoms. The number of thiophene rings is 1. The van der Waals surface area contributed by atoms with Crippen molar-refractivity contribution in [2.45, 2.75) is 12.6 Å². The van der Waals surface area contributed by atoms with Gasteiger partial charge in [0.15, 0.2) is 11.5 Å². The highest BCUT2D eigenvalue weighted by Crippen LogP contribution is 2.35. The van der Waals surface area contributed by atoms with Crippen LogP contribution in [0.2, 0.25) is 0 Å². The molecule has 0 bridgehead atoms.